The second-order valence-corrected chi connectivity index (χ2v) is 8.07. The number of nitrogens with one attached hydrogen (secondary N) is 1. The standard InChI is InChI=1S/C27H23ClN2O5/c1-3-34-24-15-19(14-23(28)25(24)35-16-18-7-5-4-6-8-18)13-22-17(2)29-30(26(22)31)21-11-9-20(10-12-21)27(32)33/h4-15,29H,2-3,16H2,1H3,(H,32,33)/p-1/b22-13-. The molecule has 4 aromatic rings. The van der Waals surface area contributed by atoms with Crippen molar-refractivity contribution in [3.05, 3.63) is 109 Å². The first-order valence-corrected chi connectivity index (χ1v) is 11.2. The molecular formula is C27H22ClN2O5-. The van der Waals surface area contributed by atoms with Crippen molar-refractivity contribution in [1.82, 2.24) is 9.78 Å². The predicted molar refractivity (Wildman–Crippen MR) is 132 cm³/mol. The molecule has 4 rings (SSSR count). The van der Waals surface area contributed by atoms with Gasteiger partial charge in [-0.1, -0.05) is 60.6 Å². The zero-order valence-corrected chi connectivity index (χ0v) is 19.7. The van der Waals surface area contributed by atoms with E-state index in [-0.39, 0.29) is 11.1 Å². The predicted octanol–water partition coefficient (Wildman–Crippen LogP) is 2.40. The van der Waals surface area contributed by atoms with E-state index >= 15 is 0 Å². The number of carbonyl (C=O) groups is 1. The van der Waals surface area contributed by atoms with E-state index in [0.29, 0.717) is 51.6 Å². The summed E-state index contributed by atoms with van der Waals surface area (Å²) in [6, 6.07) is 18.9. The van der Waals surface area contributed by atoms with Crippen LogP contribution in [0.1, 0.15) is 28.4 Å². The second-order valence-electron chi connectivity index (χ2n) is 7.66. The Hall–Kier alpha value is -4.23. The number of aromatic carboxylic acids is 1. The number of ether oxygens (including phenoxy) is 2. The summed E-state index contributed by atoms with van der Waals surface area (Å²) in [5, 5.41) is 15.0. The number of halogens is 1. The average Bonchev–Trinajstić information content (AvgIpc) is 3.13. The van der Waals surface area contributed by atoms with Crippen molar-refractivity contribution in [2.45, 2.75) is 13.5 Å². The van der Waals surface area contributed by atoms with Gasteiger partial charge in [0.2, 0.25) is 0 Å². The van der Waals surface area contributed by atoms with Gasteiger partial charge in [0.1, 0.15) is 6.61 Å². The highest BCUT2D eigenvalue weighted by molar-refractivity contribution is 6.32. The first-order valence-electron chi connectivity index (χ1n) is 10.8. The fourth-order valence-electron chi connectivity index (χ4n) is 3.54. The van der Waals surface area contributed by atoms with E-state index in [1.165, 1.54) is 28.9 Å². The number of hydrogen-bond acceptors (Lipinski definition) is 5. The van der Waals surface area contributed by atoms with Gasteiger partial charge < -0.3 is 19.4 Å². The number of carbonyl (C=O) groups excluding carboxylic acids is 1. The lowest BCUT2D eigenvalue weighted by atomic mass is 10.1. The highest BCUT2D eigenvalue weighted by Crippen LogP contribution is 2.37. The van der Waals surface area contributed by atoms with Crippen molar-refractivity contribution >= 4 is 30.2 Å². The molecule has 0 aliphatic carbocycles. The zero-order valence-electron chi connectivity index (χ0n) is 18.9. The molecule has 0 saturated heterocycles. The number of H-pyrrole nitrogens is 1. The van der Waals surface area contributed by atoms with Crippen LogP contribution in [0.25, 0.3) is 18.3 Å². The van der Waals surface area contributed by atoms with E-state index in [9.17, 15) is 14.7 Å². The van der Waals surface area contributed by atoms with Crippen LogP contribution in [-0.2, 0) is 6.61 Å². The number of carboxylic acid groups (broad SMARTS) is 1. The van der Waals surface area contributed by atoms with E-state index in [2.05, 4.69) is 11.7 Å². The van der Waals surface area contributed by atoms with E-state index in [1.54, 1.807) is 18.2 Å². The molecule has 0 spiro atoms. The molecule has 8 heteroatoms. The van der Waals surface area contributed by atoms with Crippen molar-refractivity contribution < 1.29 is 19.4 Å². The quantitative estimate of drug-likeness (QED) is 0.410. The number of aromatic nitrogens is 2. The van der Waals surface area contributed by atoms with Crippen LogP contribution < -0.4 is 30.7 Å². The molecule has 0 fully saturated rings. The van der Waals surface area contributed by atoms with Gasteiger partial charge in [0, 0.05) is 0 Å². The molecule has 0 aliphatic rings. The van der Waals surface area contributed by atoms with E-state index in [4.69, 9.17) is 21.1 Å². The van der Waals surface area contributed by atoms with Crippen LogP contribution in [0.4, 0.5) is 0 Å². The lowest BCUT2D eigenvalue weighted by molar-refractivity contribution is -0.255. The molecule has 0 aliphatic heterocycles. The fourth-order valence-corrected chi connectivity index (χ4v) is 3.82. The Morgan fingerprint density at radius 1 is 1.11 bits per heavy atom. The number of nitrogens with zero attached hydrogens (tertiary/aromatic N) is 1. The Kier molecular flexibility index (Phi) is 7.08. The number of benzene rings is 3. The molecule has 1 aromatic heterocycles. The summed E-state index contributed by atoms with van der Waals surface area (Å²) in [6.45, 7) is 6.52. The molecule has 0 amide bonds. The average molecular weight is 490 g/mol. The molecule has 0 saturated carbocycles. The van der Waals surface area contributed by atoms with E-state index in [0.717, 1.165) is 5.56 Å². The van der Waals surface area contributed by atoms with Crippen LogP contribution in [0.5, 0.6) is 11.5 Å². The van der Waals surface area contributed by atoms with Crippen LogP contribution in [0.15, 0.2) is 71.5 Å². The number of rotatable bonds is 8. The molecule has 35 heavy (non-hydrogen) atoms. The van der Waals surface area contributed by atoms with Crippen LogP contribution in [0, 0.1) is 0 Å². The van der Waals surface area contributed by atoms with E-state index in [1.807, 2.05) is 37.3 Å². The molecule has 1 N–H and O–H groups in total. The molecule has 3 aromatic carbocycles. The van der Waals surface area contributed by atoms with Crippen LogP contribution in [-0.4, -0.2) is 22.4 Å². The van der Waals surface area contributed by atoms with Gasteiger partial charge in [-0.05, 0) is 54.0 Å². The molecule has 0 radical (unpaired) electrons. The zero-order chi connectivity index (χ0) is 24.9. The molecular weight excluding hydrogens is 468 g/mol. The highest BCUT2D eigenvalue weighted by atomic mass is 35.5. The molecule has 0 bridgehead atoms. The normalized spacial score (nSPS) is 11.4. The van der Waals surface area contributed by atoms with Gasteiger partial charge in [0.05, 0.1) is 33.9 Å². The summed E-state index contributed by atoms with van der Waals surface area (Å²) in [7, 11) is 0. The van der Waals surface area contributed by atoms with Gasteiger partial charge >= 0.3 is 0 Å². The maximum atomic E-state index is 13.1. The Morgan fingerprint density at radius 2 is 1.83 bits per heavy atom. The lowest BCUT2D eigenvalue weighted by Crippen LogP contribution is -2.34. The largest absolute Gasteiger partial charge is 0.545 e. The fraction of sp³-hybridized carbons (Fsp3) is 0.111. The lowest BCUT2D eigenvalue weighted by Gasteiger charge is -2.14. The number of hydrogen-bond donors (Lipinski definition) is 1. The molecule has 0 unspecified atom stereocenters. The van der Waals surface area contributed by atoms with Crippen molar-refractivity contribution in [2.24, 2.45) is 0 Å². The third kappa shape index (κ3) is 5.31. The molecule has 0 atom stereocenters. The second kappa shape index (κ2) is 10.4. The Morgan fingerprint density at radius 3 is 2.49 bits per heavy atom. The molecule has 1 heterocycles. The minimum Gasteiger partial charge on any atom is -0.545 e. The van der Waals surface area contributed by atoms with Crippen molar-refractivity contribution in [1.29, 1.82) is 0 Å². The Labute approximate surface area is 206 Å². The van der Waals surface area contributed by atoms with Crippen molar-refractivity contribution in [3.8, 4) is 17.2 Å². The summed E-state index contributed by atoms with van der Waals surface area (Å²) < 4.78 is 13.0. The van der Waals surface area contributed by atoms with Gasteiger partial charge in [-0.2, -0.15) is 0 Å². The van der Waals surface area contributed by atoms with Crippen LogP contribution in [0.2, 0.25) is 5.02 Å². The summed E-state index contributed by atoms with van der Waals surface area (Å²) >= 11 is 6.54. The highest BCUT2D eigenvalue weighted by Gasteiger charge is 2.13. The van der Waals surface area contributed by atoms with Gasteiger partial charge in [-0.3, -0.25) is 9.89 Å². The van der Waals surface area contributed by atoms with Crippen molar-refractivity contribution in [3.63, 3.8) is 0 Å². The summed E-state index contributed by atoms with van der Waals surface area (Å²) in [4.78, 5) is 24.1. The van der Waals surface area contributed by atoms with Gasteiger partial charge in [-0.15, -0.1) is 0 Å². The van der Waals surface area contributed by atoms with Crippen molar-refractivity contribution in [2.75, 3.05) is 6.61 Å². The Balaban J connectivity index is 1.70. The van der Waals surface area contributed by atoms with E-state index < -0.39 is 5.97 Å². The first kappa shape index (κ1) is 23.9. The van der Waals surface area contributed by atoms with Gasteiger partial charge in [0.15, 0.2) is 11.5 Å². The summed E-state index contributed by atoms with van der Waals surface area (Å²) in [5.41, 5.74) is 1.74. The molecule has 178 valence electrons. The topological polar surface area (TPSA) is 96.4 Å². The molecule has 7 nitrogen and oxygen atoms in total. The third-order valence-electron chi connectivity index (χ3n) is 5.24. The minimum atomic E-state index is -1.29. The summed E-state index contributed by atoms with van der Waals surface area (Å²) in [5.74, 6) is -0.411. The number of carboxylic acids is 1. The summed E-state index contributed by atoms with van der Waals surface area (Å²) in [6.07, 6.45) is 1.66. The maximum Gasteiger partial charge on any atom is 0.279 e. The monoisotopic (exact) mass is 489 g/mol. The first-order chi connectivity index (χ1) is 16.9. The van der Waals surface area contributed by atoms with Gasteiger partial charge in [-0.25, -0.2) is 4.68 Å². The smallest absolute Gasteiger partial charge is 0.279 e. The minimum absolute atomic E-state index is 0.0163. The van der Waals surface area contributed by atoms with Gasteiger partial charge in [0.25, 0.3) is 5.56 Å². The van der Waals surface area contributed by atoms with Crippen LogP contribution >= 0.6 is 11.6 Å². The number of aromatic amines is 1. The maximum absolute atomic E-state index is 13.1. The van der Waals surface area contributed by atoms with Crippen LogP contribution in [0.3, 0.4) is 0 Å². The Bertz CT molecular complexity index is 1520. The third-order valence-corrected chi connectivity index (χ3v) is 5.52. The SMILES string of the molecule is C=c1[nH]n(-c2ccc(C(=O)[O-])cc2)c(=O)/c1=C\c1cc(Cl)c(OCc2ccccc2)c(OCC)c1.